The Morgan fingerprint density at radius 3 is 2.83 bits per heavy atom. The van der Waals surface area contributed by atoms with Gasteiger partial charge < -0.3 is 10.6 Å². The van der Waals surface area contributed by atoms with Gasteiger partial charge in [-0.3, -0.25) is 4.79 Å². The summed E-state index contributed by atoms with van der Waals surface area (Å²) in [5.74, 6) is -0.741. The van der Waals surface area contributed by atoms with Crippen molar-refractivity contribution in [2.45, 2.75) is 6.54 Å². The first-order valence-corrected chi connectivity index (χ1v) is 6.33. The lowest BCUT2D eigenvalue weighted by Gasteiger charge is -2.16. The van der Waals surface area contributed by atoms with Crippen LogP contribution >= 0.6 is 11.3 Å². The van der Waals surface area contributed by atoms with E-state index in [1.807, 2.05) is 16.8 Å². The van der Waals surface area contributed by atoms with Gasteiger partial charge >= 0.3 is 0 Å². The van der Waals surface area contributed by atoms with Crippen LogP contribution in [-0.4, -0.2) is 17.9 Å². The average Bonchev–Trinajstić information content (AvgIpc) is 2.79. The van der Waals surface area contributed by atoms with E-state index in [9.17, 15) is 9.18 Å². The van der Waals surface area contributed by atoms with E-state index >= 15 is 0 Å². The number of nitrogen functional groups attached to an aromatic ring is 1. The van der Waals surface area contributed by atoms with Gasteiger partial charge in [0.15, 0.2) is 0 Å². The highest BCUT2D eigenvalue weighted by atomic mass is 32.1. The third-order valence-electron chi connectivity index (χ3n) is 2.51. The zero-order chi connectivity index (χ0) is 13.1. The number of anilines is 1. The minimum absolute atomic E-state index is 0.243. The molecule has 1 aromatic carbocycles. The smallest absolute Gasteiger partial charge is 0.254 e. The molecule has 0 aliphatic rings. The number of nitrogens with zero attached hydrogens (tertiary/aromatic N) is 1. The van der Waals surface area contributed by atoms with Crippen LogP contribution in [0.2, 0.25) is 0 Å². The molecule has 1 aromatic heterocycles. The van der Waals surface area contributed by atoms with Gasteiger partial charge in [0.05, 0.1) is 0 Å². The molecule has 0 aliphatic heterocycles. The van der Waals surface area contributed by atoms with Gasteiger partial charge in [0.2, 0.25) is 0 Å². The highest BCUT2D eigenvalue weighted by molar-refractivity contribution is 7.07. The Labute approximate surface area is 109 Å². The number of carbonyl (C=O) groups excluding carboxylic acids is 1. The summed E-state index contributed by atoms with van der Waals surface area (Å²) in [6, 6.07) is 5.82. The zero-order valence-electron chi connectivity index (χ0n) is 9.89. The van der Waals surface area contributed by atoms with Crippen molar-refractivity contribution >= 4 is 22.9 Å². The van der Waals surface area contributed by atoms with Gasteiger partial charge in [0.25, 0.3) is 5.91 Å². The van der Waals surface area contributed by atoms with Crippen molar-refractivity contribution in [2.24, 2.45) is 0 Å². The number of hydrogen-bond acceptors (Lipinski definition) is 3. The number of nitrogens with two attached hydrogens (primary N) is 1. The fourth-order valence-electron chi connectivity index (χ4n) is 1.68. The molecule has 0 saturated heterocycles. The van der Waals surface area contributed by atoms with E-state index in [1.165, 1.54) is 23.1 Å². The molecule has 18 heavy (non-hydrogen) atoms. The van der Waals surface area contributed by atoms with Crippen LogP contribution in [0.25, 0.3) is 0 Å². The third kappa shape index (κ3) is 2.87. The molecule has 0 atom stereocenters. The van der Waals surface area contributed by atoms with Gasteiger partial charge in [-0.1, -0.05) is 0 Å². The normalized spacial score (nSPS) is 10.3. The van der Waals surface area contributed by atoms with Gasteiger partial charge in [0.1, 0.15) is 5.82 Å². The van der Waals surface area contributed by atoms with Crippen molar-refractivity contribution < 1.29 is 9.18 Å². The van der Waals surface area contributed by atoms with Crippen LogP contribution < -0.4 is 5.73 Å². The van der Waals surface area contributed by atoms with E-state index in [2.05, 4.69) is 0 Å². The first-order valence-electron chi connectivity index (χ1n) is 5.39. The number of carbonyl (C=O) groups is 1. The third-order valence-corrected chi connectivity index (χ3v) is 3.25. The average molecular weight is 264 g/mol. The van der Waals surface area contributed by atoms with Crippen molar-refractivity contribution in [2.75, 3.05) is 12.8 Å². The number of thiophene rings is 1. The van der Waals surface area contributed by atoms with E-state index in [-0.39, 0.29) is 17.2 Å². The van der Waals surface area contributed by atoms with Crippen LogP contribution in [0.5, 0.6) is 0 Å². The molecule has 0 unspecified atom stereocenters. The Balaban J connectivity index is 2.15. The number of halogens is 1. The predicted molar refractivity (Wildman–Crippen MR) is 70.9 cm³/mol. The molecule has 94 valence electrons. The predicted octanol–water partition coefficient (Wildman–Crippen LogP) is 2.74. The van der Waals surface area contributed by atoms with Crippen molar-refractivity contribution in [3.8, 4) is 0 Å². The van der Waals surface area contributed by atoms with Crippen LogP contribution in [0.15, 0.2) is 35.0 Å². The number of amides is 1. The minimum atomic E-state index is -0.498. The summed E-state index contributed by atoms with van der Waals surface area (Å²) in [7, 11) is 1.68. The molecule has 0 saturated carbocycles. The lowest BCUT2D eigenvalue weighted by Crippen LogP contribution is -2.26. The van der Waals surface area contributed by atoms with Crippen LogP contribution in [0, 0.1) is 5.82 Å². The summed E-state index contributed by atoms with van der Waals surface area (Å²) in [5.41, 5.74) is 7.10. The molecule has 2 aromatic rings. The maximum Gasteiger partial charge on any atom is 0.254 e. The van der Waals surface area contributed by atoms with E-state index in [4.69, 9.17) is 5.73 Å². The number of rotatable bonds is 3. The second-order valence-electron chi connectivity index (χ2n) is 4.07. The van der Waals surface area contributed by atoms with E-state index < -0.39 is 5.82 Å². The fourth-order valence-corrected chi connectivity index (χ4v) is 2.34. The van der Waals surface area contributed by atoms with E-state index in [1.54, 1.807) is 18.4 Å². The van der Waals surface area contributed by atoms with Gasteiger partial charge in [-0.15, -0.1) is 0 Å². The summed E-state index contributed by atoms with van der Waals surface area (Å²) in [4.78, 5) is 13.6. The Hall–Kier alpha value is -1.88. The Kier molecular flexibility index (Phi) is 3.62. The molecule has 0 radical (unpaired) electrons. The molecule has 0 bridgehead atoms. The van der Waals surface area contributed by atoms with Crippen LogP contribution in [0.4, 0.5) is 10.1 Å². The van der Waals surface area contributed by atoms with Crippen molar-refractivity contribution in [1.29, 1.82) is 0 Å². The van der Waals surface area contributed by atoms with Crippen molar-refractivity contribution in [3.63, 3.8) is 0 Å². The molecular weight excluding hydrogens is 251 g/mol. The van der Waals surface area contributed by atoms with Crippen molar-refractivity contribution in [1.82, 2.24) is 4.90 Å². The van der Waals surface area contributed by atoms with Gasteiger partial charge in [0, 0.05) is 24.8 Å². The Bertz CT molecular complexity index is 534. The second-order valence-corrected chi connectivity index (χ2v) is 4.85. The number of hydrogen-bond donors (Lipinski definition) is 1. The molecule has 3 nitrogen and oxygen atoms in total. The molecule has 0 spiro atoms. The van der Waals surface area contributed by atoms with Gasteiger partial charge in [-0.05, 0) is 40.6 Å². The molecular formula is C13H13FN2OS. The maximum atomic E-state index is 13.2. The molecule has 5 heteroatoms. The van der Waals surface area contributed by atoms with Gasteiger partial charge in [-0.2, -0.15) is 11.3 Å². The van der Waals surface area contributed by atoms with Crippen LogP contribution in [0.3, 0.4) is 0 Å². The summed E-state index contributed by atoms with van der Waals surface area (Å²) in [6.07, 6.45) is 0. The summed E-state index contributed by atoms with van der Waals surface area (Å²) in [6.45, 7) is 0.499. The molecule has 0 aliphatic carbocycles. The number of benzene rings is 1. The van der Waals surface area contributed by atoms with Crippen molar-refractivity contribution in [3.05, 3.63) is 52.0 Å². The fraction of sp³-hybridized carbons (Fsp3) is 0.154. The molecule has 1 heterocycles. The van der Waals surface area contributed by atoms with Gasteiger partial charge in [-0.25, -0.2) is 4.39 Å². The topological polar surface area (TPSA) is 46.3 Å². The first kappa shape index (κ1) is 12.6. The maximum absolute atomic E-state index is 13.2. The molecule has 0 fully saturated rings. The Morgan fingerprint density at radius 1 is 1.44 bits per heavy atom. The summed E-state index contributed by atoms with van der Waals surface area (Å²) >= 11 is 1.58. The lowest BCUT2D eigenvalue weighted by molar-refractivity contribution is 0.0785. The van der Waals surface area contributed by atoms with Crippen LogP contribution in [-0.2, 0) is 6.54 Å². The minimum Gasteiger partial charge on any atom is -0.399 e. The first-order chi connectivity index (χ1) is 8.56. The summed E-state index contributed by atoms with van der Waals surface area (Å²) in [5, 5.41) is 3.93. The Morgan fingerprint density at radius 2 is 2.22 bits per heavy atom. The summed E-state index contributed by atoms with van der Waals surface area (Å²) < 4.78 is 13.2. The zero-order valence-corrected chi connectivity index (χ0v) is 10.7. The SMILES string of the molecule is CN(Cc1ccsc1)C(=O)c1cc(N)cc(F)c1. The lowest BCUT2D eigenvalue weighted by atomic mass is 10.1. The molecule has 2 rings (SSSR count). The largest absolute Gasteiger partial charge is 0.399 e. The van der Waals surface area contributed by atoms with E-state index in [0.29, 0.717) is 6.54 Å². The molecule has 1 amide bonds. The monoisotopic (exact) mass is 264 g/mol. The molecule has 2 N–H and O–H groups in total. The van der Waals surface area contributed by atoms with E-state index in [0.717, 1.165) is 5.56 Å². The standard InChI is InChI=1S/C13H13FN2OS/c1-16(7-9-2-3-18-8-9)13(17)10-4-11(14)6-12(15)5-10/h2-6,8H,7,15H2,1H3. The quantitative estimate of drug-likeness (QED) is 0.866. The highest BCUT2D eigenvalue weighted by Gasteiger charge is 2.13. The highest BCUT2D eigenvalue weighted by Crippen LogP contribution is 2.15. The second kappa shape index (κ2) is 5.18. The van der Waals surface area contributed by atoms with Crippen LogP contribution in [0.1, 0.15) is 15.9 Å².